The summed E-state index contributed by atoms with van der Waals surface area (Å²) in [7, 11) is 0. The topological polar surface area (TPSA) is 26.0 Å². The Bertz CT molecular complexity index is 528. The van der Waals surface area contributed by atoms with Crippen molar-refractivity contribution in [2.45, 2.75) is 45.6 Å². The molecule has 0 aliphatic rings. The predicted octanol–water partition coefficient (Wildman–Crippen LogP) is 4.06. The SMILES string of the molecule is CCc1ccc(CC(N)CCc2cccc(C)c2)cc1. The van der Waals surface area contributed by atoms with E-state index in [0.717, 1.165) is 25.7 Å². The van der Waals surface area contributed by atoms with Crippen LogP contribution < -0.4 is 5.73 Å². The summed E-state index contributed by atoms with van der Waals surface area (Å²) in [5.41, 5.74) is 11.7. The van der Waals surface area contributed by atoms with Crippen molar-refractivity contribution in [2.75, 3.05) is 0 Å². The second-order valence-electron chi connectivity index (χ2n) is 5.66. The minimum atomic E-state index is 0.239. The van der Waals surface area contributed by atoms with E-state index in [0.29, 0.717) is 0 Å². The molecule has 2 aromatic carbocycles. The summed E-state index contributed by atoms with van der Waals surface area (Å²) in [6.07, 6.45) is 4.17. The van der Waals surface area contributed by atoms with Crippen LogP contribution >= 0.6 is 0 Å². The Morgan fingerprint density at radius 3 is 2.30 bits per heavy atom. The normalized spacial score (nSPS) is 12.3. The van der Waals surface area contributed by atoms with Crippen LogP contribution in [0.2, 0.25) is 0 Å². The highest BCUT2D eigenvalue weighted by molar-refractivity contribution is 5.24. The van der Waals surface area contributed by atoms with Crippen molar-refractivity contribution >= 4 is 0 Å². The molecule has 0 saturated carbocycles. The maximum atomic E-state index is 6.26. The zero-order chi connectivity index (χ0) is 14.4. The Morgan fingerprint density at radius 1 is 0.950 bits per heavy atom. The van der Waals surface area contributed by atoms with E-state index in [-0.39, 0.29) is 6.04 Å². The highest BCUT2D eigenvalue weighted by Crippen LogP contribution is 2.11. The van der Waals surface area contributed by atoms with Gasteiger partial charge < -0.3 is 5.73 Å². The summed E-state index contributed by atoms with van der Waals surface area (Å²) >= 11 is 0. The van der Waals surface area contributed by atoms with E-state index < -0.39 is 0 Å². The molecule has 20 heavy (non-hydrogen) atoms. The van der Waals surface area contributed by atoms with Crippen molar-refractivity contribution in [1.82, 2.24) is 0 Å². The van der Waals surface area contributed by atoms with E-state index in [1.165, 1.54) is 22.3 Å². The molecule has 2 N–H and O–H groups in total. The monoisotopic (exact) mass is 267 g/mol. The first-order valence-corrected chi connectivity index (χ1v) is 7.56. The molecule has 2 rings (SSSR count). The second-order valence-corrected chi connectivity index (χ2v) is 5.66. The van der Waals surface area contributed by atoms with Gasteiger partial charge in [0.15, 0.2) is 0 Å². The molecular formula is C19H25N. The number of rotatable bonds is 6. The van der Waals surface area contributed by atoms with Gasteiger partial charge in [-0.15, -0.1) is 0 Å². The van der Waals surface area contributed by atoms with Crippen LogP contribution in [-0.2, 0) is 19.3 Å². The second kappa shape index (κ2) is 7.25. The van der Waals surface area contributed by atoms with Gasteiger partial charge >= 0.3 is 0 Å². The summed E-state index contributed by atoms with van der Waals surface area (Å²) in [6, 6.07) is 17.8. The van der Waals surface area contributed by atoms with Crippen LogP contribution in [0.1, 0.15) is 35.6 Å². The Kier molecular flexibility index (Phi) is 5.37. The first-order chi connectivity index (χ1) is 9.67. The Labute approximate surface area is 122 Å². The highest BCUT2D eigenvalue weighted by Gasteiger charge is 2.05. The van der Waals surface area contributed by atoms with Crippen LogP contribution in [0.15, 0.2) is 48.5 Å². The van der Waals surface area contributed by atoms with E-state index in [4.69, 9.17) is 5.73 Å². The molecule has 2 aromatic rings. The molecule has 0 fully saturated rings. The lowest BCUT2D eigenvalue weighted by Gasteiger charge is -2.12. The fraction of sp³-hybridized carbons (Fsp3) is 0.368. The third-order valence-corrected chi connectivity index (χ3v) is 3.82. The average molecular weight is 267 g/mol. The number of hydrogen-bond donors (Lipinski definition) is 1. The molecule has 0 bridgehead atoms. The van der Waals surface area contributed by atoms with Gasteiger partial charge in [-0.05, 0) is 49.3 Å². The third-order valence-electron chi connectivity index (χ3n) is 3.82. The minimum absolute atomic E-state index is 0.239. The number of benzene rings is 2. The zero-order valence-corrected chi connectivity index (χ0v) is 12.6. The predicted molar refractivity (Wildman–Crippen MR) is 87.0 cm³/mol. The molecule has 1 atom stereocenters. The van der Waals surface area contributed by atoms with Crippen molar-refractivity contribution in [3.8, 4) is 0 Å². The number of nitrogens with two attached hydrogens (primary N) is 1. The van der Waals surface area contributed by atoms with E-state index in [2.05, 4.69) is 62.4 Å². The number of hydrogen-bond acceptors (Lipinski definition) is 1. The molecule has 1 nitrogen and oxygen atoms in total. The highest BCUT2D eigenvalue weighted by atomic mass is 14.6. The van der Waals surface area contributed by atoms with E-state index >= 15 is 0 Å². The minimum Gasteiger partial charge on any atom is -0.327 e. The van der Waals surface area contributed by atoms with Crippen LogP contribution in [0.3, 0.4) is 0 Å². The first kappa shape index (κ1) is 14.8. The molecule has 0 aromatic heterocycles. The Balaban J connectivity index is 1.84. The van der Waals surface area contributed by atoms with Gasteiger partial charge in [-0.25, -0.2) is 0 Å². The van der Waals surface area contributed by atoms with Crippen LogP contribution in [0, 0.1) is 6.92 Å². The van der Waals surface area contributed by atoms with Crippen LogP contribution in [0.25, 0.3) is 0 Å². The summed E-state index contributed by atoms with van der Waals surface area (Å²) in [4.78, 5) is 0. The van der Waals surface area contributed by atoms with Crippen molar-refractivity contribution < 1.29 is 0 Å². The largest absolute Gasteiger partial charge is 0.327 e. The fourth-order valence-corrected chi connectivity index (χ4v) is 2.54. The first-order valence-electron chi connectivity index (χ1n) is 7.56. The van der Waals surface area contributed by atoms with Crippen LogP contribution in [0.4, 0.5) is 0 Å². The van der Waals surface area contributed by atoms with Gasteiger partial charge in [0.1, 0.15) is 0 Å². The van der Waals surface area contributed by atoms with Crippen molar-refractivity contribution in [1.29, 1.82) is 0 Å². The maximum absolute atomic E-state index is 6.26. The van der Waals surface area contributed by atoms with E-state index in [1.807, 2.05) is 0 Å². The molecule has 0 amide bonds. The molecule has 0 aliphatic heterocycles. The van der Waals surface area contributed by atoms with Gasteiger partial charge in [0.25, 0.3) is 0 Å². The molecule has 0 spiro atoms. The van der Waals surface area contributed by atoms with Crippen molar-refractivity contribution in [3.63, 3.8) is 0 Å². The summed E-state index contributed by atoms with van der Waals surface area (Å²) in [6.45, 7) is 4.32. The lowest BCUT2D eigenvalue weighted by Crippen LogP contribution is -2.23. The fourth-order valence-electron chi connectivity index (χ4n) is 2.54. The lowest BCUT2D eigenvalue weighted by atomic mass is 9.98. The molecule has 1 unspecified atom stereocenters. The summed E-state index contributed by atoms with van der Waals surface area (Å²) in [5, 5.41) is 0. The van der Waals surface area contributed by atoms with Crippen molar-refractivity contribution in [3.05, 3.63) is 70.8 Å². The summed E-state index contributed by atoms with van der Waals surface area (Å²) < 4.78 is 0. The molecule has 1 heteroatoms. The molecule has 106 valence electrons. The van der Waals surface area contributed by atoms with Gasteiger partial charge in [0.05, 0.1) is 0 Å². The van der Waals surface area contributed by atoms with Crippen LogP contribution in [0.5, 0.6) is 0 Å². The van der Waals surface area contributed by atoms with Gasteiger partial charge in [0, 0.05) is 6.04 Å². The van der Waals surface area contributed by atoms with Gasteiger partial charge in [-0.1, -0.05) is 61.0 Å². The quantitative estimate of drug-likeness (QED) is 0.839. The number of aryl methyl sites for hydroxylation is 3. The molecule has 0 saturated heterocycles. The Hall–Kier alpha value is -1.60. The standard InChI is InChI=1S/C19H25N/c1-3-16-7-9-18(10-8-16)14-19(20)12-11-17-6-4-5-15(2)13-17/h4-10,13,19H,3,11-12,14,20H2,1-2H3. The van der Waals surface area contributed by atoms with Gasteiger partial charge in [-0.2, -0.15) is 0 Å². The van der Waals surface area contributed by atoms with E-state index in [9.17, 15) is 0 Å². The lowest BCUT2D eigenvalue weighted by molar-refractivity contribution is 0.610. The Morgan fingerprint density at radius 2 is 1.65 bits per heavy atom. The van der Waals surface area contributed by atoms with E-state index in [1.54, 1.807) is 0 Å². The molecular weight excluding hydrogens is 242 g/mol. The maximum Gasteiger partial charge on any atom is 0.00824 e. The van der Waals surface area contributed by atoms with Gasteiger partial charge in [-0.3, -0.25) is 0 Å². The zero-order valence-electron chi connectivity index (χ0n) is 12.6. The van der Waals surface area contributed by atoms with Crippen molar-refractivity contribution in [2.24, 2.45) is 5.73 Å². The van der Waals surface area contributed by atoms with Crippen LogP contribution in [-0.4, -0.2) is 6.04 Å². The third kappa shape index (κ3) is 4.50. The molecule has 0 heterocycles. The smallest absolute Gasteiger partial charge is 0.00824 e. The average Bonchev–Trinajstić information content (AvgIpc) is 2.46. The molecule has 0 aliphatic carbocycles. The van der Waals surface area contributed by atoms with Gasteiger partial charge in [0.2, 0.25) is 0 Å². The summed E-state index contributed by atoms with van der Waals surface area (Å²) in [5.74, 6) is 0. The molecule has 0 radical (unpaired) electrons.